The van der Waals surface area contributed by atoms with Crippen LogP contribution >= 0.6 is 11.6 Å². The van der Waals surface area contributed by atoms with Crippen molar-refractivity contribution in [2.75, 3.05) is 6.61 Å². The van der Waals surface area contributed by atoms with E-state index < -0.39 is 5.97 Å². The summed E-state index contributed by atoms with van der Waals surface area (Å²) in [5.41, 5.74) is 4.12. The molecule has 5 heteroatoms. The van der Waals surface area contributed by atoms with Crippen LogP contribution in [0.4, 0.5) is 0 Å². The average molecular weight is 444 g/mol. The molecule has 0 saturated carbocycles. The maximum atomic E-state index is 13.1. The second kappa shape index (κ2) is 9.75. The Bertz CT molecular complexity index is 1280. The normalized spacial score (nSPS) is 10.8. The van der Waals surface area contributed by atoms with Gasteiger partial charge in [-0.3, -0.25) is 4.79 Å². The largest absolute Gasteiger partial charge is 0.462 e. The van der Waals surface area contributed by atoms with Crippen molar-refractivity contribution in [1.29, 1.82) is 0 Å². The number of benzene rings is 3. The van der Waals surface area contributed by atoms with Gasteiger partial charge in [0.25, 0.3) is 0 Å². The van der Waals surface area contributed by atoms with Crippen molar-refractivity contribution >= 4 is 34.3 Å². The summed E-state index contributed by atoms with van der Waals surface area (Å²) in [5, 5.41) is 1.34. The maximum Gasteiger partial charge on any atom is 0.339 e. The Morgan fingerprint density at radius 2 is 1.69 bits per heavy atom. The number of carbonyl (C=O) groups is 2. The monoisotopic (exact) mass is 443 g/mol. The Labute approximate surface area is 191 Å². The summed E-state index contributed by atoms with van der Waals surface area (Å²) in [4.78, 5) is 30.1. The summed E-state index contributed by atoms with van der Waals surface area (Å²) in [6.45, 7) is 2.03. The number of nitrogens with zero attached hydrogens (tertiary/aromatic N) is 1. The van der Waals surface area contributed by atoms with Crippen LogP contribution in [0.15, 0.2) is 78.9 Å². The van der Waals surface area contributed by atoms with Crippen LogP contribution in [-0.2, 0) is 4.74 Å². The molecule has 0 amide bonds. The predicted molar refractivity (Wildman–Crippen MR) is 127 cm³/mol. The molecule has 0 N–H and O–H groups in total. The van der Waals surface area contributed by atoms with Gasteiger partial charge in [-0.15, -0.1) is 0 Å². The minimum absolute atomic E-state index is 0.0374. The topological polar surface area (TPSA) is 56.3 Å². The third-order valence-electron chi connectivity index (χ3n) is 5.32. The molecular formula is C27H22ClNO3. The van der Waals surface area contributed by atoms with Gasteiger partial charge in [-0.05, 0) is 37.1 Å². The quantitative estimate of drug-likeness (QED) is 0.181. The first-order valence-corrected chi connectivity index (χ1v) is 10.8. The van der Waals surface area contributed by atoms with E-state index in [9.17, 15) is 9.59 Å². The van der Waals surface area contributed by atoms with E-state index in [0.29, 0.717) is 40.2 Å². The lowest BCUT2D eigenvalue weighted by Crippen LogP contribution is -2.11. The van der Waals surface area contributed by atoms with Crippen molar-refractivity contribution in [2.24, 2.45) is 0 Å². The van der Waals surface area contributed by atoms with Crippen LogP contribution in [0.3, 0.4) is 0 Å². The standard InChI is InChI=1S/C27H22ClNO3/c1-18-25(27(31)32-16-8-15-24(30)19-9-3-2-4-10-19)22-13-5-6-14-23(22)29-26(18)20-11-7-12-21(28)17-20/h2-7,9-14,17H,8,15-16H2,1H3. The summed E-state index contributed by atoms with van der Waals surface area (Å²) >= 11 is 6.17. The van der Waals surface area contributed by atoms with Crippen LogP contribution in [0.1, 0.15) is 39.1 Å². The van der Waals surface area contributed by atoms with Gasteiger partial charge in [-0.1, -0.05) is 72.3 Å². The molecule has 4 nitrogen and oxygen atoms in total. The van der Waals surface area contributed by atoms with Crippen molar-refractivity contribution in [3.8, 4) is 11.3 Å². The lowest BCUT2D eigenvalue weighted by atomic mass is 9.98. The van der Waals surface area contributed by atoms with Gasteiger partial charge in [0.15, 0.2) is 5.78 Å². The van der Waals surface area contributed by atoms with Crippen molar-refractivity contribution in [3.63, 3.8) is 0 Å². The molecule has 1 heterocycles. The molecule has 160 valence electrons. The smallest absolute Gasteiger partial charge is 0.339 e. The number of Topliss-reactive ketones (excluding diaryl/α,β-unsaturated/α-hetero) is 1. The van der Waals surface area contributed by atoms with E-state index in [4.69, 9.17) is 21.3 Å². The fourth-order valence-corrected chi connectivity index (χ4v) is 3.92. The average Bonchev–Trinajstić information content (AvgIpc) is 2.81. The molecule has 0 aliphatic rings. The lowest BCUT2D eigenvalue weighted by Gasteiger charge is -2.14. The lowest BCUT2D eigenvalue weighted by molar-refractivity contribution is 0.0495. The molecule has 0 fully saturated rings. The number of esters is 1. The van der Waals surface area contributed by atoms with Crippen LogP contribution < -0.4 is 0 Å². The molecule has 0 bridgehead atoms. The third-order valence-corrected chi connectivity index (χ3v) is 5.55. The highest BCUT2D eigenvalue weighted by atomic mass is 35.5. The van der Waals surface area contributed by atoms with Gasteiger partial charge in [0.1, 0.15) is 0 Å². The SMILES string of the molecule is Cc1c(-c2cccc(Cl)c2)nc2ccccc2c1C(=O)OCCCC(=O)c1ccccc1. The van der Waals surface area contributed by atoms with Crippen molar-refractivity contribution in [3.05, 3.63) is 101 Å². The molecule has 4 rings (SSSR count). The van der Waals surface area contributed by atoms with E-state index in [1.807, 2.05) is 67.6 Å². The highest BCUT2D eigenvalue weighted by Crippen LogP contribution is 2.31. The number of hydrogen-bond donors (Lipinski definition) is 0. The van der Waals surface area contributed by atoms with Crippen LogP contribution in [0.5, 0.6) is 0 Å². The van der Waals surface area contributed by atoms with Crippen LogP contribution in [0.2, 0.25) is 5.02 Å². The second-order valence-electron chi connectivity index (χ2n) is 7.52. The molecule has 0 aliphatic heterocycles. The Morgan fingerprint density at radius 1 is 0.938 bits per heavy atom. The Hall–Kier alpha value is -3.50. The molecule has 3 aromatic carbocycles. The van der Waals surface area contributed by atoms with Crippen LogP contribution in [0.25, 0.3) is 22.2 Å². The first-order valence-electron chi connectivity index (χ1n) is 10.5. The van der Waals surface area contributed by atoms with E-state index in [-0.39, 0.29) is 12.4 Å². The number of rotatable bonds is 7. The molecular weight excluding hydrogens is 422 g/mol. The molecule has 0 saturated heterocycles. The van der Waals surface area contributed by atoms with Gasteiger partial charge in [0.05, 0.1) is 23.4 Å². The van der Waals surface area contributed by atoms with Crippen molar-refractivity contribution in [1.82, 2.24) is 4.98 Å². The predicted octanol–water partition coefficient (Wildman–Crippen LogP) is 6.68. The van der Waals surface area contributed by atoms with Gasteiger partial charge < -0.3 is 4.74 Å². The highest BCUT2D eigenvalue weighted by molar-refractivity contribution is 6.30. The zero-order valence-corrected chi connectivity index (χ0v) is 18.4. The van der Waals surface area contributed by atoms with E-state index in [0.717, 1.165) is 16.5 Å². The van der Waals surface area contributed by atoms with Gasteiger partial charge >= 0.3 is 5.97 Å². The molecule has 0 aliphatic carbocycles. The third kappa shape index (κ3) is 4.71. The number of pyridine rings is 1. The van der Waals surface area contributed by atoms with Gasteiger partial charge in [0.2, 0.25) is 0 Å². The first-order chi connectivity index (χ1) is 15.5. The van der Waals surface area contributed by atoms with E-state index in [1.165, 1.54) is 0 Å². The molecule has 0 radical (unpaired) electrons. The molecule has 32 heavy (non-hydrogen) atoms. The summed E-state index contributed by atoms with van der Waals surface area (Å²) < 4.78 is 5.57. The number of ether oxygens (including phenoxy) is 1. The molecule has 0 atom stereocenters. The number of carbonyl (C=O) groups excluding carboxylic acids is 2. The summed E-state index contributed by atoms with van der Waals surface area (Å²) in [5.74, 6) is -0.382. The number of fused-ring (bicyclic) bond motifs is 1. The van der Waals surface area contributed by atoms with Gasteiger partial charge in [-0.25, -0.2) is 9.78 Å². The molecule has 0 spiro atoms. The van der Waals surface area contributed by atoms with Crippen LogP contribution in [-0.4, -0.2) is 23.3 Å². The minimum Gasteiger partial charge on any atom is -0.462 e. The van der Waals surface area contributed by atoms with Crippen molar-refractivity contribution in [2.45, 2.75) is 19.8 Å². The second-order valence-corrected chi connectivity index (χ2v) is 7.95. The zero-order valence-electron chi connectivity index (χ0n) is 17.7. The molecule has 4 aromatic rings. The van der Waals surface area contributed by atoms with Crippen LogP contribution in [0, 0.1) is 6.92 Å². The highest BCUT2D eigenvalue weighted by Gasteiger charge is 2.20. The minimum atomic E-state index is -0.420. The fraction of sp³-hybridized carbons (Fsp3) is 0.148. The maximum absolute atomic E-state index is 13.1. The number of para-hydroxylation sites is 1. The number of halogens is 1. The number of ketones is 1. The summed E-state index contributed by atoms with van der Waals surface area (Å²) in [6.07, 6.45) is 0.782. The zero-order chi connectivity index (χ0) is 22.5. The van der Waals surface area contributed by atoms with Crippen molar-refractivity contribution < 1.29 is 14.3 Å². The van der Waals surface area contributed by atoms with E-state index in [2.05, 4.69) is 0 Å². The molecule has 0 unspecified atom stereocenters. The van der Waals surface area contributed by atoms with E-state index in [1.54, 1.807) is 18.2 Å². The summed E-state index contributed by atoms with van der Waals surface area (Å²) in [7, 11) is 0. The number of aromatic nitrogens is 1. The Morgan fingerprint density at radius 3 is 2.47 bits per heavy atom. The van der Waals surface area contributed by atoms with E-state index >= 15 is 0 Å². The van der Waals surface area contributed by atoms with Gasteiger partial charge in [-0.2, -0.15) is 0 Å². The van der Waals surface area contributed by atoms with Gasteiger partial charge in [0, 0.05) is 28.0 Å². The Kier molecular flexibility index (Phi) is 6.62. The molecule has 1 aromatic heterocycles. The Balaban J connectivity index is 1.55. The fourth-order valence-electron chi connectivity index (χ4n) is 3.73. The number of hydrogen-bond acceptors (Lipinski definition) is 4. The summed E-state index contributed by atoms with van der Waals surface area (Å²) in [6, 6.07) is 24.0. The first kappa shape index (κ1) is 21.7.